The number of allylic oxidation sites excluding steroid dienone is 3. The van der Waals surface area contributed by atoms with Gasteiger partial charge in [0.1, 0.15) is 0 Å². The number of alkyl halides is 3. The van der Waals surface area contributed by atoms with Crippen LogP contribution in [0.4, 0.5) is 13.2 Å². The monoisotopic (exact) mass is 251 g/mol. The van der Waals surface area contributed by atoms with Gasteiger partial charge in [0.2, 0.25) is 0 Å². The van der Waals surface area contributed by atoms with E-state index >= 15 is 0 Å². The van der Waals surface area contributed by atoms with Gasteiger partial charge in [-0.25, -0.2) is 0 Å². The standard InChI is InChI=1S/C10H17BF3NO2/c1-5-7(2)8(10(12,13)14)6-9(11(16)17)15(3)4/h6,16-17H,5H2,1-4H3. The van der Waals surface area contributed by atoms with Crippen LogP contribution >= 0.6 is 0 Å². The van der Waals surface area contributed by atoms with Crippen LogP contribution in [-0.2, 0) is 0 Å². The highest BCUT2D eigenvalue weighted by Crippen LogP contribution is 2.31. The smallest absolute Gasteiger partial charge is 0.422 e. The summed E-state index contributed by atoms with van der Waals surface area (Å²) in [5.74, 6) is 0. The van der Waals surface area contributed by atoms with Crippen LogP contribution in [0.1, 0.15) is 20.3 Å². The lowest BCUT2D eigenvalue weighted by Crippen LogP contribution is -2.28. The second-order valence-electron chi connectivity index (χ2n) is 3.88. The van der Waals surface area contributed by atoms with Crippen LogP contribution in [-0.4, -0.2) is 42.3 Å². The molecule has 0 amide bonds. The fourth-order valence-corrected chi connectivity index (χ4v) is 1.22. The highest BCUT2D eigenvalue weighted by atomic mass is 19.4. The molecule has 2 N–H and O–H groups in total. The van der Waals surface area contributed by atoms with E-state index < -0.39 is 18.9 Å². The molecule has 7 heteroatoms. The van der Waals surface area contributed by atoms with Crippen LogP contribution in [0.15, 0.2) is 22.8 Å². The summed E-state index contributed by atoms with van der Waals surface area (Å²) in [5.41, 5.74) is -0.889. The molecule has 98 valence electrons. The Morgan fingerprint density at radius 2 is 1.76 bits per heavy atom. The van der Waals surface area contributed by atoms with Gasteiger partial charge in [-0.3, -0.25) is 0 Å². The molecule has 0 aliphatic carbocycles. The van der Waals surface area contributed by atoms with Crippen molar-refractivity contribution >= 4 is 7.12 Å². The Hall–Kier alpha value is -0.945. The summed E-state index contributed by atoms with van der Waals surface area (Å²) in [6, 6.07) is 0. The minimum Gasteiger partial charge on any atom is -0.422 e. The van der Waals surface area contributed by atoms with Crippen molar-refractivity contribution in [2.24, 2.45) is 0 Å². The second kappa shape index (κ2) is 6.11. The number of rotatable bonds is 4. The molecule has 0 atom stereocenters. The molecule has 0 heterocycles. The maximum Gasteiger partial charge on any atom is 0.505 e. The Bertz CT molecular complexity index is 312. The number of hydrogen-bond acceptors (Lipinski definition) is 3. The van der Waals surface area contributed by atoms with Gasteiger partial charge < -0.3 is 14.9 Å². The van der Waals surface area contributed by atoms with E-state index in [2.05, 4.69) is 0 Å². The molecule has 0 fully saturated rings. The first-order valence-electron chi connectivity index (χ1n) is 5.13. The van der Waals surface area contributed by atoms with Gasteiger partial charge in [0, 0.05) is 19.7 Å². The van der Waals surface area contributed by atoms with Gasteiger partial charge in [-0.2, -0.15) is 13.2 Å². The zero-order valence-corrected chi connectivity index (χ0v) is 10.3. The lowest BCUT2D eigenvalue weighted by atomic mass is 9.83. The lowest BCUT2D eigenvalue weighted by molar-refractivity contribution is -0.0892. The minimum absolute atomic E-state index is 0.150. The van der Waals surface area contributed by atoms with E-state index in [1.165, 1.54) is 25.9 Å². The summed E-state index contributed by atoms with van der Waals surface area (Å²) in [4.78, 5) is 1.24. The third-order valence-corrected chi connectivity index (χ3v) is 2.37. The van der Waals surface area contributed by atoms with Crippen LogP contribution < -0.4 is 0 Å². The molecule has 3 nitrogen and oxygen atoms in total. The van der Waals surface area contributed by atoms with Crippen molar-refractivity contribution in [1.29, 1.82) is 0 Å². The van der Waals surface area contributed by atoms with Crippen molar-refractivity contribution in [2.75, 3.05) is 14.1 Å². The Labute approximate surface area is 99.4 Å². The molecule has 0 aliphatic heterocycles. The zero-order chi connectivity index (χ0) is 13.8. The zero-order valence-electron chi connectivity index (χ0n) is 10.3. The van der Waals surface area contributed by atoms with Gasteiger partial charge in [0.15, 0.2) is 0 Å². The molecule has 0 rings (SSSR count). The maximum atomic E-state index is 12.8. The molecule has 0 spiro atoms. The molecule has 0 aliphatic rings. The van der Waals surface area contributed by atoms with Gasteiger partial charge in [-0.15, -0.1) is 0 Å². The molecular weight excluding hydrogens is 234 g/mol. The first-order valence-corrected chi connectivity index (χ1v) is 5.13. The Morgan fingerprint density at radius 1 is 1.29 bits per heavy atom. The highest BCUT2D eigenvalue weighted by molar-refractivity contribution is 6.50. The fourth-order valence-electron chi connectivity index (χ4n) is 1.22. The molecule has 0 saturated carbocycles. The van der Waals surface area contributed by atoms with Crippen molar-refractivity contribution in [3.63, 3.8) is 0 Å². The topological polar surface area (TPSA) is 43.7 Å². The van der Waals surface area contributed by atoms with Crippen LogP contribution in [0.25, 0.3) is 0 Å². The lowest BCUT2D eigenvalue weighted by Gasteiger charge is -2.19. The third kappa shape index (κ3) is 4.83. The van der Waals surface area contributed by atoms with Gasteiger partial charge in [-0.1, -0.05) is 12.5 Å². The van der Waals surface area contributed by atoms with Crippen molar-refractivity contribution in [2.45, 2.75) is 26.4 Å². The maximum absolute atomic E-state index is 12.8. The predicted octanol–water partition coefficient (Wildman–Crippen LogP) is 1.73. The van der Waals surface area contributed by atoms with Crippen molar-refractivity contribution < 1.29 is 23.2 Å². The number of nitrogens with zero attached hydrogens (tertiary/aromatic N) is 1. The van der Waals surface area contributed by atoms with E-state index in [-0.39, 0.29) is 17.6 Å². The molecule has 0 bridgehead atoms. The minimum atomic E-state index is -4.50. The average Bonchev–Trinajstić information content (AvgIpc) is 2.14. The van der Waals surface area contributed by atoms with Gasteiger partial charge >= 0.3 is 13.3 Å². The van der Waals surface area contributed by atoms with E-state index in [1.807, 2.05) is 0 Å². The first-order chi connectivity index (χ1) is 7.61. The van der Waals surface area contributed by atoms with E-state index in [1.54, 1.807) is 6.92 Å². The van der Waals surface area contributed by atoms with Crippen LogP contribution in [0.3, 0.4) is 0 Å². The van der Waals surface area contributed by atoms with E-state index in [9.17, 15) is 13.2 Å². The Balaban J connectivity index is 5.60. The predicted molar refractivity (Wildman–Crippen MR) is 61.0 cm³/mol. The normalized spacial score (nSPS) is 14.5. The van der Waals surface area contributed by atoms with Gasteiger partial charge in [-0.05, 0) is 19.4 Å². The van der Waals surface area contributed by atoms with Gasteiger partial charge in [0.05, 0.1) is 5.57 Å². The summed E-state index contributed by atoms with van der Waals surface area (Å²) in [5, 5.41) is 18.0. The molecule has 0 unspecified atom stereocenters. The van der Waals surface area contributed by atoms with Crippen molar-refractivity contribution in [1.82, 2.24) is 4.90 Å². The molecule has 0 aromatic rings. The van der Waals surface area contributed by atoms with E-state index in [0.29, 0.717) is 0 Å². The Morgan fingerprint density at radius 3 is 2.00 bits per heavy atom. The van der Waals surface area contributed by atoms with Crippen LogP contribution in [0, 0.1) is 0 Å². The molecular formula is C10H17BF3NO2. The molecule has 0 saturated heterocycles. The van der Waals surface area contributed by atoms with Gasteiger partial charge in [0.25, 0.3) is 0 Å². The Kier molecular flexibility index (Phi) is 5.77. The summed E-state index contributed by atoms with van der Waals surface area (Å²) in [6.45, 7) is 2.98. The summed E-state index contributed by atoms with van der Waals surface area (Å²) in [6.07, 6.45) is -3.49. The van der Waals surface area contributed by atoms with E-state index in [4.69, 9.17) is 10.0 Å². The number of hydrogen-bond donors (Lipinski definition) is 2. The molecule has 17 heavy (non-hydrogen) atoms. The largest absolute Gasteiger partial charge is 0.505 e. The van der Waals surface area contributed by atoms with Crippen molar-refractivity contribution in [3.8, 4) is 0 Å². The summed E-state index contributed by atoms with van der Waals surface area (Å²) >= 11 is 0. The van der Waals surface area contributed by atoms with E-state index in [0.717, 1.165) is 6.08 Å². The first kappa shape index (κ1) is 16.1. The second-order valence-corrected chi connectivity index (χ2v) is 3.88. The van der Waals surface area contributed by atoms with Crippen LogP contribution in [0.5, 0.6) is 0 Å². The summed E-state index contributed by atoms with van der Waals surface area (Å²) < 4.78 is 38.3. The van der Waals surface area contributed by atoms with Crippen LogP contribution in [0.2, 0.25) is 0 Å². The third-order valence-electron chi connectivity index (χ3n) is 2.37. The summed E-state index contributed by atoms with van der Waals surface area (Å²) in [7, 11) is 0.952. The molecule has 0 radical (unpaired) electrons. The average molecular weight is 251 g/mol. The van der Waals surface area contributed by atoms with Crippen molar-refractivity contribution in [3.05, 3.63) is 22.8 Å². The SMILES string of the molecule is CCC(C)=C(C=C(B(O)O)N(C)C)C(F)(F)F. The molecule has 0 aromatic carbocycles. The fraction of sp³-hybridized carbons (Fsp3) is 0.600. The quantitative estimate of drug-likeness (QED) is 0.590. The highest BCUT2D eigenvalue weighted by Gasteiger charge is 2.35. The number of halogens is 3. The molecule has 0 aromatic heterocycles.